The van der Waals surface area contributed by atoms with Gasteiger partial charge in [-0.05, 0) is 38.1 Å². The maximum atomic E-state index is 12.1. The van der Waals surface area contributed by atoms with Crippen LogP contribution >= 0.6 is 0 Å². The lowest BCUT2D eigenvalue weighted by molar-refractivity contribution is 0.0640. The summed E-state index contributed by atoms with van der Waals surface area (Å²) in [6.07, 6.45) is 0. The summed E-state index contributed by atoms with van der Waals surface area (Å²) >= 11 is 0. The maximum Gasteiger partial charge on any atom is 0.254 e. The molecule has 4 N–H and O–H groups in total. The molecule has 0 radical (unpaired) electrons. The molecule has 0 saturated heterocycles. The predicted octanol–water partition coefficient (Wildman–Crippen LogP) is 1.08. The second-order valence-corrected chi connectivity index (χ2v) is 4.50. The van der Waals surface area contributed by atoms with E-state index in [0.29, 0.717) is 17.8 Å². The number of carbonyl (C=O) groups is 1. The molecule has 0 spiro atoms. The lowest BCUT2D eigenvalue weighted by atomic mass is 10.0. The van der Waals surface area contributed by atoms with Gasteiger partial charge in [0.25, 0.3) is 5.91 Å². The SMILES string of the molecule is CN(C(=O)c1ccc(N)cc1)C(C)(C)CN. The summed E-state index contributed by atoms with van der Waals surface area (Å²) in [6.45, 7) is 4.29. The lowest BCUT2D eigenvalue weighted by Gasteiger charge is -2.34. The van der Waals surface area contributed by atoms with Crippen LogP contribution in [0.25, 0.3) is 0 Å². The quantitative estimate of drug-likeness (QED) is 0.750. The first-order valence-corrected chi connectivity index (χ1v) is 5.22. The van der Waals surface area contributed by atoms with Crippen LogP contribution in [-0.4, -0.2) is 29.9 Å². The standard InChI is InChI=1S/C12H19N3O/c1-12(2,8-13)15(3)11(16)9-4-6-10(14)7-5-9/h4-7H,8,13-14H2,1-3H3. The normalized spacial score (nSPS) is 11.2. The van der Waals surface area contributed by atoms with Crippen LogP contribution in [0.5, 0.6) is 0 Å². The molecule has 0 aliphatic heterocycles. The Bertz CT molecular complexity index is 370. The zero-order chi connectivity index (χ0) is 12.3. The van der Waals surface area contributed by atoms with E-state index in [4.69, 9.17) is 11.5 Å². The maximum absolute atomic E-state index is 12.1. The van der Waals surface area contributed by atoms with Crippen molar-refractivity contribution in [2.24, 2.45) is 5.73 Å². The summed E-state index contributed by atoms with van der Waals surface area (Å²) in [6, 6.07) is 6.88. The second kappa shape index (κ2) is 4.53. The largest absolute Gasteiger partial charge is 0.399 e. The van der Waals surface area contributed by atoms with E-state index in [1.807, 2.05) is 13.8 Å². The third-order valence-corrected chi connectivity index (χ3v) is 2.87. The van der Waals surface area contributed by atoms with Gasteiger partial charge in [-0.2, -0.15) is 0 Å². The van der Waals surface area contributed by atoms with E-state index in [9.17, 15) is 4.79 Å². The molecule has 0 heterocycles. The van der Waals surface area contributed by atoms with Crippen molar-refractivity contribution in [1.29, 1.82) is 0 Å². The number of carbonyl (C=O) groups excluding carboxylic acids is 1. The van der Waals surface area contributed by atoms with Gasteiger partial charge in [-0.3, -0.25) is 4.79 Å². The van der Waals surface area contributed by atoms with Crippen molar-refractivity contribution in [3.05, 3.63) is 29.8 Å². The van der Waals surface area contributed by atoms with E-state index in [0.717, 1.165) is 0 Å². The van der Waals surface area contributed by atoms with Crippen molar-refractivity contribution in [2.75, 3.05) is 19.3 Å². The Morgan fingerprint density at radius 1 is 1.31 bits per heavy atom. The molecule has 4 heteroatoms. The van der Waals surface area contributed by atoms with Crippen LogP contribution < -0.4 is 11.5 Å². The second-order valence-electron chi connectivity index (χ2n) is 4.50. The van der Waals surface area contributed by atoms with E-state index in [-0.39, 0.29) is 11.4 Å². The molecule has 4 nitrogen and oxygen atoms in total. The third kappa shape index (κ3) is 2.52. The monoisotopic (exact) mass is 221 g/mol. The summed E-state index contributed by atoms with van der Waals surface area (Å²) in [5.74, 6) is -0.0459. The fourth-order valence-electron chi connectivity index (χ4n) is 1.23. The minimum absolute atomic E-state index is 0.0459. The molecule has 0 aliphatic rings. The van der Waals surface area contributed by atoms with Crippen molar-refractivity contribution >= 4 is 11.6 Å². The number of nitrogens with zero attached hydrogens (tertiary/aromatic N) is 1. The van der Waals surface area contributed by atoms with Crippen LogP contribution in [0, 0.1) is 0 Å². The van der Waals surface area contributed by atoms with E-state index in [1.54, 1.807) is 36.2 Å². The highest BCUT2D eigenvalue weighted by atomic mass is 16.2. The fourth-order valence-corrected chi connectivity index (χ4v) is 1.23. The minimum Gasteiger partial charge on any atom is -0.399 e. The first kappa shape index (κ1) is 12.5. The van der Waals surface area contributed by atoms with Crippen molar-refractivity contribution in [3.8, 4) is 0 Å². The molecule has 0 aliphatic carbocycles. The Kier molecular flexibility index (Phi) is 3.55. The van der Waals surface area contributed by atoms with Crippen molar-refractivity contribution < 1.29 is 4.79 Å². The molecule has 1 aromatic rings. The number of nitrogen functional groups attached to an aromatic ring is 1. The smallest absolute Gasteiger partial charge is 0.254 e. The number of rotatable bonds is 3. The van der Waals surface area contributed by atoms with E-state index in [1.165, 1.54) is 0 Å². The van der Waals surface area contributed by atoms with Gasteiger partial charge in [0.1, 0.15) is 0 Å². The molecule has 1 rings (SSSR count). The van der Waals surface area contributed by atoms with Crippen LogP contribution in [0.2, 0.25) is 0 Å². The van der Waals surface area contributed by atoms with Gasteiger partial charge >= 0.3 is 0 Å². The van der Waals surface area contributed by atoms with Crippen LogP contribution in [-0.2, 0) is 0 Å². The van der Waals surface area contributed by atoms with Crippen molar-refractivity contribution in [1.82, 2.24) is 4.90 Å². The highest BCUT2D eigenvalue weighted by molar-refractivity contribution is 5.94. The molecule has 88 valence electrons. The first-order chi connectivity index (χ1) is 7.38. The summed E-state index contributed by atoms with van der Waals surface area (Å²) in [5, 5.41) is 0. The third-order valence-electron chi connectivity index (χ3n) is 2.87. The highest BCUT2D eigenvalue weighted by Gasteiger charge is 2.26. The summed E-state index contributed by atoms with van der Waals surface area (Å²) in [7, 11) is 1.76. The molecule has 1 amide bonds. The first-order valence-electron chi connectivity index (χ1n) is 5.22. The van der Waals surface area contributed by atoms with Crippen molar-refractivity contribution in [3.63, 3.8) is 0 Å². The van der Waals surface area contributed by atoms with Crippen LogP contribution in [0.3, 0.4) is 0 Å². The Morgan fingerprint density at radius 2 is 1.81 bits per heavy atom. The summed E-state index contributed by atoms with van der Waals surface area (Å²) in [4.78, 5) is 13.7. The minimum atomic E-state index is -0.349. The average Bonchev–Trinajstić information content (AvgIpc) is 2.28. The van der Waals surface area contributed by atoms with Gasteiger partial charge in [-0.15, -0.1) is 0 Å². The van der Waals surface area contributed by atoms with Gasteiger partial charge < -0.3 is 16.4 Å². The average molecular weight is 221 g/mol. The van der Waals surface area contributed by atoms with Gasteiger partial charge in [0.05, 0.1) is 0 Å². The number of amides is 1. The van der Waals surface area contributed by atoms with Gasteiger partial charge in [0, 0.05) is 30.4 Å². The van der Waals surface area contributed by atoms with Gasteiger partial charge in [-0.1, -0.05) is 0 Å². The molecule has 0 bridgehead atoms. The molecule has 16 heavy (non-hydrogen) atoms. The Hall–Kier alpha value is -1.55. The van der Waals surface area contributed by atoms with Gasteiger partial charge in [0.2, 0.25) is 0 Å². The Morgan fingerprint density at radius 3 is 2.25 bits per heavy atom. The zero-order valence-corrected chi connectivity index (χ0v) is 10.0. The predicted molar refractivity (Wildman–Crippen MR) is 66.1 cm³/mol. The molecule has 0 aromatic heterocycles. The van der Waals surface area contributed by atoms with Crippen molar-refractivity contribution in [2.45, 2.75) is 19.4 Å². The molecule has 0 fully saturated rings. The Balaban J connectivity index is 2.90. The number of anilines is 1. The number of hydrogen-bond donors (Lipinski definition) is 2. The van der Waals surface area contributed by atoms with Crippen LogP contribution in [0.1, 0.15) is 24.2 Å². The van der Waals surface area contributed by atoms with Gasteiger partial charge in [-0.25, -0.2) is 0 Å². The number of likely N-dealkylation sites (N-methyl/N-ethyl adjacent to an activating group) is 1. The summed E-state index contributed by atoms with van der Waals surface area (Å²) in [5.41, 5.74) is 12.1. The zero-order valence-electron chi connectivity index (χ0n) is 10.0. The van der Waals surface area contributed by atoms with Crippen LogP contribution in [0.4, 0.5) is 5.69 Å². The fraction of sp³-hybridized carbons (Fsp3) is 0.417. The van der Waals surface area contributed by atoms with E-state index < -0.39 is 0 Å². The summed E-state index contributed by atoms with van der Waals surface area (Å²) < 4.78 is 0. The Labute approximate surface area is 96.2 Å². The number of nitrogens with two attached hydrogens (primary N) is 2. The molecule has 1 aromatic carbocycles. The van der Waals surface area contributed by atoms with Gasteiger partial charge in [0.15, 0.2) is 0 Å². The lowest BCUT2D eigenvalue weighted by Crippen LogP contribution is -2.50. The molecular formula is C12H19N3O. The molecular weight excluding hydrogens is 202 g/mol. The number of hydrogen-bond acceptors (Lipinski definition) is 3. The van der Waals surface area contributed by atoms with E-state index in [2.05, 4.69) is 0 Å². The highest BCUT2D eigenvalue weighted by Crippen LogP contribution is 2.15. The van der Waals surface area contributed by atoms with E-state index >= 15 is 0 Å². The molecule has 0 atom stereocenters. The topological polar surface area (TPSA) is 72.3 Å². The molecule has 0 unspecified atom stereocenters. The molecule has 0 saturated carbocycles. The number of benzene rings is 1. The van der Waals surface area contributed by atoms with Crippen LogP contribution in [0.15, 0.2) is 24.3 Å².